The van der Waals surface area contributed by atoms with Crippen LogP contribution >= 0.6 is 0 Å². The van der Waals surface area contributed by atoms with Gasteiger partial charge in [0.1, 0.15) is 5.75 Å². The molecule has 0 saturated carbocycles. The third-order valence-electron chi connectivity index (χ3n) is 5.09. The average molecular weight is 368 g/mol. The van der Waals surface area contributed by atoms with E-state index in [1.165, 1.54) is 49.8 Å². The Labute approximate surface area is 159 Å². The summed E-state index contributed by atoms with van der Waals surface area (Å²) < 4.78 is 29.0. The molecule has 0 amide bonds. The molecule has 0 bridgehead atoms. The number of phenols is 1. The summed E-state index contributed by atoms with van der Waals surface area (Å²) in [5.41, 5.74) is 2.13. The van der Waals surface area contributed by atoms with E-state index in [9.17, 15) is 13.9 Å². The van der Waals surface area contributed by atoms with E-state index >= 15 is 0 Å². The van der Waals surface area contributed by atoms with Gasteiger partial charge in [-0.3, -0.25) is 0 Å². The Hall–Kier alpha value is -2.42. The number of aromatic hydroxyl groups is 1. The fourth-order valence-corrected chi connectivity index (χ4v) is 3.49. The van der Waals surface area contributed by atoms with E-state index in [1.807, 2.05) is 24.3 Å². The molecule has 0 aliphatic carbocycles. The van der Waals surface area contributed by atoms with Crippen LogP contribution in [0.15, 0.2) is 48.5 Å². The van der Waals surface area contributed by atoms with Gasteiger partial charge in [-0.1, -0.05) is 69.4 Å². The van der Waals surface area contributed by atoms with Gasteiger partial charge in [-0.2, -0.15) is 0 Å². The lowest BCUT2D eigenvalue weighted by Gasteiger charge is -2.09. The van der Waals surface area contributed by atoms with E-state index in [2.05, 4.69) is 6.92 Å². The first-order chi connectivity index (χ1) is 13.1. The maximum atomic E-state index is 14.5. The molecule has 3 rings (SSSR count). The van der Waals surface area contributed by atoms with Crippen LogP contribution in [0.25, 0.3) is 21.9 Å². The van der Waals surface area contributed by atoms with Gasteiger partial charge in [-0.25, -0.2) is 8.78 Å². The van der Waals surface area contributed by atoms with Crippen molar-refractivity contribution in [1.82, 2.24) is 0 Å². The molecule has 0 fully saturated rings. The predicted octanol–water partition coefficient (Wildman–Crippen LogP) is 7.39. The second-order valence-corrected chi connectivity index (χ2v) is 7.17. The SMILES string of the molecule is CCCCCCCCc1ccc(-c2cc3ccc(O)cc3c(F)c2F)cc1. The topological polar surface area (TPSA) is 20.2 Å². The van der Waals surface area contributed by atoms with Crippen molar-refractivity contribution in [1.29, 1.82) is 0 Å². The summed E-state index contributed by atoms with van der Waals surface area (Å²) in [5, 5.41) is 10.2. The van der Waals surface area contributed by atoms with Crippen molar-refractivity contribution >= 4 is 10.8 Å². The maximum absolute atomic E-state index is 14.5. The predicted molar refractivity (Wildman–Crippen MR) is 108 cm³/mol. The smallest absolute Gasteiger partial charge is 0.167 e. The van der Waals surface area contributed by atoms with Crippen LogP contribution in [0, 0.1) is 11.6 Å². The highest BCUT2D eigenvalue weighted by atomic mass is 19.2. The summed E-state index contributed by atoms with van der Waals surface area (Å²) in [7, 11) is 0. The highest BCUT2D eigenvalue weighted by Gasteiger charge is 2.15. The molecular formula is C24H26F2O. The van der Waals surface area contributed by atoms with Crippen molar-refractivity contribution in [3.05, 3.63) is 65.7 Å². The second-order valence-electron chi connectivity index (χ2n) is 7.17. The number of hydrogen-bond acceptors (Lipinski definition) is 1. The minimum atomic E-state index is -0.922. The molecule has 0 atom stereocenters. The van der Waals surface area contributed by atoms with E-state index in [4.69, 9.17) is 0 Å². The minimum absolute atomic E-state index is 0.0763. The number of rotatable bonds is 8. The van der Waals surface area contributed by atoms with Crippen LogP contribution in [0.5, 0.6) is 5.75 Å². The van der Waals surface area contributed by atoms with E-state index in [-0.39, 0.29) is 16.7 Å². The Bertz CT molecular complexity index is 900. The molecule has 3 aromatic carbocycles. The Morgan fingerprint density at radius 1 is 0.778 bits per heavy atom. The van der Waals surface area contributed by atoms with Crippen LogP contribution in [-0.4, -0.2) is 5.11 Å². The summed E-state index contributed by atoms with van der Waals surface area (Å²) in [6.45, 7) is 2.22. The first-order valence-corrected chi connectivity index (χ1v) is 9.80. The second kappa shape index (κ2) is 8.98. The fraction of sp³-hybridized carbons (Fsp3) is 0.333. The van der Waals surface area contributed by atoms with E-state index in [1.54, 1.807) is 12.1 Å². The largest absolute Gasteiger partial charge is 0.508 e. The zero-order valence-electron chi connectivity index (χ0n) is 15.8. The van der Waals surface area contributed by atoms with Crippen LogP contribution in [-0.2, 0) is 6.42 Å². The van der Waals surface area contributed by atoms with Crippen molar-refractivity contribution in [2.24, 2.45) is 0 Å². The van der Waals surface area contributed by atoms with Crippen molar-refractivity contribution in [2.45, 2.75) is 51.9 Å². The molecule has 0 aromatic heterocycles. The quantitative estimate of drug-likeness (QED) is 0.411. The summed E-state index contributed by atoms with van der Waals surface area (Å²) in [6, 6.07) is 13.7. The van der Waals surface area contributed by atoms with Crippen LogP contribution in [0.1, 0.15) is 51.0 Å². The summed E-state index contributed by atoms with van der Waals surface area (Å²) >= 11 is 0. The van der Waals surface area contributed by atoms with Gasteiger partial charge in [-0.15, -0.1) is 0 Å². The molecular weight excluding hydrogens is 342 g/mol. The highest BCUT2D eigenvalue weighted by molar-refractivity contribution is 5.89. The molecule has 0 saturated heterocycles. The zero-order chi connectivity index (χ0) is 19.2. The molecule has 142 valence electrons. The maximum Gasteiger partial charge on any atom is 0.167 e. The van der Waals surface area contributed by atoms with Crippen LogP contribution in [0.4, 0.5) is 8.78 Å². The average Bonchev–Trinajstić information content (AvgIpc) is 2.68. The number of phenolic OH excluding ortho intramolecular Hbond substituents is 1. The van der Waals surface area contributed by atoms with Crippen molar-refractivity contribution in [2.75, 3.05) is 0 Å². The van der Waals surface area contributed by atoms with Crippen molar-refractivity contribution in [3.63, 3.8) is 0 Å². The minimum Gasteiger partial charge on any atom is -0.508 e. The van der Waals surface area contributed by atoms with E-state index in [0.717, 1.165) is 12.8 Å². The van der Waals surface area contributed by atoms with Gasteiger partial charge < -0.3 is 5.11 Å². The zero-order valence-corrected chi connectivity index (χ0v) is 15.8. The molecule has 0 aliphatic rings. The van der Waals surface area contributed by atoms with Crippen LogP contribution in [0.2, 0.25) is 0 Å². The first-order valence-electron chi connectivity index (χ1n) is 9.80. The normalized spacial score (nSPS) is 11.2. The Kier molecular flexibility index (Phi) is 6.44. The summed E-state index contributed by atoms with van der Waals surface area (Å²) in [5.74, 6) is -1.88. The first kappa shape index (κ1) is 19.3. The third kappa shape index (κ3) is 4.65. The highest BCUT2D eigenvalue weighted by Crippen LogP contribution is 2.32. The van der Waals surface area contributed by atoms with Gasteiger partial charge in [0.2, 0.25) is 0 Å². The molecule has 0 heterocycles. The number of aryl methyl sites for hydroxylation is 1. The molecule has 0 radical (unpaired) electrons. The summed E-state index contributed by atoms with van der Waals surface area (Å²) in [4.78, 5) is 0. The lowest BCUT2D eigenvalue weighted by molar-refractivity contribution is 0.475. The number of hydrogen-bond donors (Lipinski definition) is 1. The molecule has 3 heteroatoms. The van der Waals surface area contributed by atoms with Gasteiger partial charge in [0.25, 0.3) is 0 Å². The molecule has 1 nitrogen and oxygen atoms in total. The lowest BCUT2D eigenvalue weighted by atomic mass is 9.97. The third-order valence-corrected chi connectivity index (χ3v) is 5.09. The van der Waals surface area contributed by atoms with Gasteiger partial charge in [0.15, 0.2) is 11.6 Å². The van der Waals surface area contributed by atoms with Crippen LogP contribution in [0.3, 0.4) is 0 Å². The number of benzene rings is 3. The number of fused-ring (bicyclic) bond motifs is 1. The van der Waals surface area contributed by atoms with Crippen molar-refractivity contribution < 1.29 is 13.9 Å². The standard InChI is InChI=1S/C24H26F2O/c1-2-3-4-5-6-7-8-17-9-11-18(12-10-17)21-15-19-13-14-20(27)16-22(19)24(26)23(21)25/h9-16,27H,2-8H2,1H3. The van der Waals surface area contributed by atoms with Gasteiger partial charge >= 0.3 is 0 Å². The van der Waals surface area contributed by atoms with Gasteiger partial charge in [0, 0.05) is 10.9 Å². The molecule has 0 spiro atoms. The molecule has 0 unspecified atom stereocenters. The molecule has 1 N–H and O–H groups in total. The monoisotopic (exact) mass is 368 g/mol. The lowest BCUT2D eigenvalue weighted by Crippen LogP contribution is -1.93. The van der Waals surface area contributed by atoms with E-state index < -0.39 is 11.6 Å². The van der Waals surface area contributed by atoms with Gasteiger partial charge in [0.05, 0.1) is 0 Å². The fourth-order valence-electron chi connectivity index (χ4n) is 3.49. The molecule has 27 heavy (non-hydrogen) atoms. The van der Waals surface area contributed by atoms with Crippen LogP contribution < -0.4 is 0 Å². The number of halogens is 2. The molecule has 3 aromatic rings. The Balaban J connectivity index is 1.73. The Morgan fingerprint density at radius 2 is 1.48 bits per heavy atom. The Morgan fingerprint density at radius 3 is 2.22 bits per heavy atom. The van der Waals surface area contributed by atoms with E-state index in [0.29, 0.717) is 10.9 Å². The van der Waals surface area contributed by atoms with Gasteiger partial charge in [-0.05, 0) is 47.6 Å². The molecule has 0 aliphatic heterocycles. The summed E-state index contributed by atoms with van der Waals surface area (Å²) in [6.07, 6.45) is 8.56. The van der Waals surface area contributed by atoms with Crippen molar-refractivity contribution in [3.8, 4) is 16.9 Å². The number of unbranched alkanes of at least 4 members (excludes halogenated alkanes) is 5.